The first-order valence-corrected chi connectivity index (χ1v) is 6.00. The van der Waals surface area contributed by atoms with Crippen molar-refractivity contribution in [2.75, 3.05) is 0 Å². The van der Waals surface area contributed by atoms with Gasteiger partial charge in [-0.1, -0.05) is 24.6 Å². The monoisotopic (exact) mass is 245 g/mol. The van der Waals surface area contributed by atoms with Crippen LogP contribution < -0.4 is 0 Å². The van der Waals surface area contributed by atoms with Crippen molar-refractivity contribution in [1.29, 1.82) is 0 Å². The predicted molar refractivity (Wildman–Crippen MR) is 68.8 cm³/mol. The van der Waals surface area contributed by atoms with Crippen LogP contribution in [0.3, 0.4) is 0 Å². The van der Waals surface area contributed by atoms with Gasteiger partial charge in [0.05, 0.1) is 0 Å². The Hall–Kier alpha value is -1.74. The second kappa shape index (κ2) is 5.27. The smallest absolute Gasteiger partial charge is 0.129 e. The molecule has 1 N–H and O–H groups in total. The summed E-state index contributed by atoms with van der Waals surface area (Å²) in [6, 6.07) is 6.50. The Morgan fingerprint density at radius 2 is 2.06 bits per heavy atom. The van der Waals surface area contributed by atoms with Crippen molar-refractivity contribution in [2.24, 2.45) is 0 Å². The van der Waals surface area contributed by atoms with E-state index in [9.17, 15) is 9.50 Å². The van der Waals surface area contributed by atoms with Crippen molar-refractivity contribution in [1.82, 2.24) is 4.98 Å². The van der Waals surface area contributed by atoms with Gasteiger partial charge in [0.25, 0.3) is 0 Å². The Balaban J connectivity index is 2.47. The van der Waals surface area contributed by atoms with Crippen LogP contribution in [0.2, 0.25) is 0 Å². The summed E-state index contributed by atoms with van der Waals surface area (Å²) in [6.07, 6.45) is 3.15. The number of nitrogens with zero attached hydrogens (tertiary/aromatic N) is 1. The third-order valence-electron chi connectivity index (χ3n) is 3.06. The maximum Gasteiger partial charge on any atom is 0.129 e. The average molecular weight is 245 g/mol. The first kappa shape index (κ1) is 12.7. The van der Waals surface area contributed by atoms with Crippen molar-refractivity contribution in [3.63, 3.8) is 0 Å². The molecule has 2 aromatic rings. The lowest BCUT2D eigenvalue weighted by molar-refractivity contribution is 0.213. The van der Waals surface area contributed by atoms with Gasteiger partial charge in [0, 0.05) is 18.0 Å². The van der Waals surface area contributed by atoms with Gasteiger partial charge in [0.15, 0.2) is 0 Å². The van der Waals surface area contributed by atoms with E-state index in [-0.39, 0.29) is 5.82 Å². The van der Waals surface area contributed by atoms with Gasteiger partial charge in [-0.3, -0.25) is 4.98 Å². The number of rotatable bonds is 3. The van der Waals surface area contributed by atoms with Crippen molar-refractivity contribution < 1.29 is 9.50 Å². The molecule has 0 aliphatic rings. The van der Waals surface area contributed by atoms with Crippen molar-refractivity contribution in [2.45, 2.75) is 26.4 Å². The number of aliphatic hydroxyl groups excluding tert-OH is 1. The molecule has 1 unspecified atom stereocenters. The van der Waals surface area contributed by atoms with E-state index in [1.165, 1.54) is 6.07 Å². The Labute approximate surface area is 106 Å². The fourth-order valence-corrected chi connectivity index (χ4v) is 2.04. The minimum atomic E-state index is -0.942. The molecule has 2 rings (SSSR count). The van der Waals surface area contributed by atoms with Crippen LogP contribution in [0.4, 0.5) is 4.39 Å². The molecule has 0 aliphatic heterocycles. The highest BCUT2D eigenvalue weighted by molar-refractivity contribution is 5.36. The second-order valence-electron chi connectivity index (χ2n) is 4.36. The van der Waals surface area contributed by atoms with Crippen molar-refractivity contribution in [3.8, 4) is 0 Å². The molecule has 1 aromatic heterocycles. The maximum absolute atomic E-state index is 13.8. The zero-order chi connectivity index (χ0) is 13.1. The van der Waals surface area contributed by atoms with Gasteiger partial charge in [-0.05, 0) is 36.6 Å². The lowest BCUT2D eigenvalue weighted by Gasteiger charge is -2.16. The Morgan fingerprint density at radius 3 is 2.78 bits per heavy atom. The van der Waals surface area contributed by atoms with Crippen LogP contribution in [0.5, 0.6) is 0 Å². The normalized spacial score (nSPS) is 12.4. The molecular formula is C15H16FNO. The summed E-state index contributed by atoms with van der Waals surface area (Å²) >= 11 is 0. The minimum absolute atomic E-state index is 0.316. The van der Waals surface area contributed by atoms with E-state index < -0.39 is 6.10 Å². The van der Waals surface area contributed by atoms with Crippen LogP contribution in [0, 0.1) is 12.7 Å². The van der Waals surface area contributed by atoms with Gasteiger partial charge < -0.3 is 5.11 Å². The van der Waals surface area contributed by atoms with E-state index in [4.69, 9.17) is 0 Å². The number of aryl methyl sites for hydroxylation is 2. The summed E-state index contributed by atoms with van der Waals surface area (Å²) in [5.41, 5.74) is 2.90. The molecule has 0 amide bonds. The lowest BCUT2D eigenvalue weighted by Crippen LogP contribution is -2.06. The molecule has 0 bridgehead atoms. The third kappa shape index (κ3) is 2.41. The quantitative estimate of drug-likeness (QED) is 0.901. The topological polar surface area (TPSA) is 33.1 Å². The number of benzene rings is 1. The number of halogens is 1. The predicted octanol–water partition coefficient (Wildman–Crippen LogP) is 3.17. The molecule has 2 nitrogen and oxygen atoms in total. The van der Waals surface area contributed by atoms with E-state index in [1.54, 1.807) is 30.6 Å². The standard InChI is InChI=1S/C15H16FNO/c1-3-11-9-17-7-6-12(11)15(18)13-8-10(2)4-5-14(13)16/h4-9,15,18H,3H2,1-2H3. The summed E-state index contributed by atoms with van der Waals surface area (Å²) in [4.78, 5) is 4.03. The van der Waals surface area contributed by atoms with Crippen molar-refractivity contribution in [3.05, 3.63) is 64.7 Å². The molecule has 0 spiro atoms. The van der Waals surface area contributed by atoms with Crippen LogP contribution in [-0.2, 0) is 6.42 Å². The van der Waals surface area contributed by atoms with Crippen molar-refractivity contribution >= 4 is 0 Å². The highest BCUT2D eigenvalue weighted by atomic mass is 19.1. The molecule has 1 heterocycles. The largest absolute Gasteiger partial charge is 0.384 e. The Bertz CT molecular complexity index is 554. The molecule has 0 saturated heterocycles. The molecule has 1 aromatic carbocycles. The highest BCUT2D eigenvalue weighted by Crippen LogP contribution is 2.27. The fraction of sp³-hybridized carbons (Fsp3) is 0.267. The van der Waals surface area contributed by atoms with Crippen LogP contribution >= 0.6 is 0 Å². The molecule has 3 heteroatoms. The summed E-state index contributed by atoms with van der Waals surface area (Å²) in [7, 11) is 0. The van der Waals surface area contributed by atoms with E-state index in [2.05, 4.69) is 4.98 Å². The number of aromatic nitrogens is 1. The molecule has 94 valence electrons. The summed E-state index contributed by atoms with van der Waals surface area (Å²) in [5.74, 6) is -0.382. The van der Waals surface area contributed by atoms with E-state index in [0.29, 0.717) is 5.56 Å². The van der Waals surface area contributed by atoms with E-state index in [1.807, 2.05) is 13.8 Å². The van der Waals surface area contributed by atoms with Crippen LogP contribution in [0.25, 0.3) is 0 Å². The fourth-order valence-electron chi connectivity index (χ4n) is 2.04. The average Bonchev–Trinajstić information content (AvgIpc) is 2.40. The van der Waals surface area contributed by atoms with E-state index >= 15 is 0 Å². The molecule has 0 aliphatic carbocycles. The number of pyridine rings is 1. The third-order valence-corrected chi connectivity index (χ3v) is 3.06. The van der Waals surface area contributed by atoms with Crippen LogP contribution in [0.15, 0.2) is 36.7 Å². The summed E-state index contributed by atoms with van der Waals surface area (Å²) in [6.45, 7) is 3.86. The van der Waals surface area contributed by atoms with Crippen LogP contribution in [0.1, 0.15) is 35.3 Å². The van der Waals surface area contributed by atoms with Gasteiger partial charge in [-0.15, -0.1) is 0 Å². The number of aliphatic hydroxyl groups is 1. The zero-order valence-electron chi connectivity index (χ0n) is 10.5. The Kier molecular flexibility index (Phi) is 3.72. The molecule has 0 radical (unpaired) electrons. The highest BCUT2D eigenvalue weighted by Gasteiger charge is 2.17. The number of hydrogen-bond donors (Lipinski definition) is 1. The SMILES string of the molecule is CCc1cnccc1C(O)c1cc(C)ccc1F. The van der Waals surface area contributed by atoms with Gasteiger partial charge in [-0.25, -0.2) is 4.39 Å². The van der Waals surface area contributed by atoms with Gasteiger partial charge in [-0.2, -0.15) is 0 Å². The molecule has 1 atom stereocenters. The maximum atomic E-state index is 13.8. The number of hydrogen-bond acceptors (Lipinski definition) is 2. The second-order valence-corrected chi connectivity index (χ2v) is 4.36. The molecule has 0 saturated carbocycles. The van der Waals surface area contributed by atoms with E-state index in [0.717, 1.165) is 23.1 Å². The molecule has 18 heavy (non-hydrogen) atoms. The Morgan fingerprint density at radius 1 is 1.28 bits per heavy atom. The minimum Gasteiger partial charge on any atom is -0.384 e. The van der Waals surface area contributed by atoms with Crippen LogP contribution in [-0.4, -0.2) is 10.1 Å². The molecule has 0 fully saturated rings. The van der Waals surface area contributed by atoms with Gasteiger partial charge in [0.2, 0.25) is 0 Å². The molecular weight excluding hydrogens is 229 g/mol. The first-order chi connectivity index (χ1) is 8.63. The first-order valence-electron chi connectivity index (χ1n) is 6.00. The summed E-state index contributed by atoms with van der Waals surface area (Å²) in [5, 5.41) is 10.3. The summed E-state index contributed by atoms with van der Waals surface area (Å²) < 4.78 is 13.8. The lowest BCUT2D eigenvalue weighted by atomic mass is 9.96. The van der Waals surface area contributed by atoms with Gasteiger partial charge in [0.1, 0.15) is 11.9 Å². The van der Waals surface area contributed by atoms with Gasteiger partial charge >= 0.3 is 0 Å². The zero-order valence-corrected chi connectivity index (χ0v) is 10.5.